The fourth-order valence-electron chi connectivity index (χ4n) is 3.15. The van der Waals surface area contributed by atoms with E-state index in [4.69, 9.17) is 18.8 Å². The zero-order valence-electron chi connectivity index (χ0n) is 18.7. The molecule has 1 heterocycles. The Bertz CT molecular complexity index is 551. The summed E-state index contributed by atoms with van der Waals surface area (Å²) in [4.78, 5) is 35.8. The van der Waals surface area contributed by atoms with Crippen LogP contribution in [0.25, 0.3) is 0 Å². The first-order valence-electron chi connectivity index (χ1n) is 10.4. The van der Waals surface area contributed by atoms with Crippen molar-refractivity contribution in [2.45, 2.75) is 96.2 Å². The number of aldehydes is 1. The van der Waals surface area contributed by atoms with Crippen LogP contribution in [0.1, 0.15) is 73.1 Å². The summed E-state index contributed by atoms with van der Waals surface area (Å²) in [6.45, 7) is 10.2. The molecule has 0 aromatic rings. The molecule has 9 heteroatoms. The van der Waals surface area contributed by atoms with E-state index >= 15 is 0 Å². The van der Waals surface area contributed by atoms with Gasteiger partial charge in [0.1, 0.15) is 11.8 Å². The molecule has 1 rings (SSSR count). The second-order valence-corrected chi connectivity index (χ2v) is 8.49. The largest absolute Gasteiger partial charge is 0.467 e. The number of hydrogen-bond donors (Lipinski definition) is 1. The molecular weight excluding hydrogens is 377 g/mol. The molecule has 8 nitrogen and oxygen atoms in total. The summed E-state index contributed by atoms with van der Waals surface area (Å²) < 4.78 is 21.9. The highest BCUT2D eigenvalue weighted by Crippen LogP contribution is 2.38. The summed E-state index contributed by atoms with van der Waals surface area (Å²) in [5.41, 5.74) is -2.22. The monoisotopic (exact) mass is 413 g/mol. The Kier molecular flexibility index (Phi) is 9.62. The van der Waals surface area contributed by atoms with E-state index in [0.29, 0.717) is 25.4 Å². The van der Waals surface area contributed by atoms with Gasteiger partial charge in [-0.25, -0.2) is 9.59 Å². The van der Waals surface area contributed by atoms with Crippen LogP contribution < -0.4 is 5.32 Å². The maximum absolute atomic E-state index is 12.4. The van der Waals surface area contributed by atoms with Gasteiger partial charge >= 0.3 is 19.2 Å². The predicted molar refractivity (Wildman–Crippen MR) is 110 cm³/mol. The Hall–Kier alpha value is -1.61. The Morgan fingerprint density at radius 2 is 1.72 bits per heavy atom. The van der Waals surface area contributed by atoms with Crippen LogP contribution in [0, 0.1) is 0 Å². The lowest BCUT2D eigenvalue weighted by molar-refractivity contribution is -0.150. The molecule has 0 aliphatic carbocycles. The van der Waals surface area contributed by atoms with Crippen molar-refractivity contribution in [3.8, 4) is 0 Å². The molecule has 1 amide bonds. The molecule has 166 valence electrons. The van der Waals surface area contributed by atoms with Gasteiger partial charge in [0, 0.05) is 6.42 Å². The quantitative estimate of drug-likeness (QED) is 0.227. The van der Waals surface area contributed by atoms with Gasteiger partial charge in [-0.2, -0.15) is 0 Å². The van der Waals surface area contributed by atoms with Crippen LogP contribution in [0.4, 0.5) is 4.79 Å². The van der Waals surface area contributed by atoms with Gasteiger partial charge in [-0.05, 0) is 46.9 Å². The van der Waals surface area contributed by atoms with Gasteiger partial charge in [0.25, 0.3) is 0 Å². The lowest BCUT2D eigenvalue weighted by atomic mass is 9.80. The molecule has 29 heavy (non-hydrogen) atoms. The fourth-order valence-corrected chi connectivity index (χ4v) is 3.15. The second-order valence-electron chi connectivity index (χ2n) is 8.49. The highest BCUT2D eigenvalue weighted by molar-refractivity contribution is 6.45. The van der Waals surface area contributed by atoms with Crippen LogP contribution in [0.2, 0.25) is 6.32 Å². The molecule has 0 unspecified atom stereocenters. The van der Waals surface area contributed by atoms with Gasteiger partial charge < -0.3 is 28.9 Å². The Morgan fingerprint density at radius 3 is 2.24 bits per heavy atom. The third-order valence-electron chi connectivity index (χ3n) is 5.68. The summed E-state index contributed by atoms with van der Waals surface area (Å²) in [7, 11) is 0.904. The van der Waals surface area contributed by atoms with Crippen molar-refractivity contribution in [3.05, 3.63) is 0 Å². The molecule has 0 spiro atoms. The first-order chi connectivity index (χ1) is 13.5. The minimum Gasteiger partial charge on any atom is -0.467 e. The van der Waals surface area contributed by atoms with Crippen molar-refractivity contribution in [2.24, 2.45) is 0 Å². The lowest BCUT2D eigenvalue weighted by Crippen LogP contribution is -2.55. The Balaban J connectivity index is 2.66. The van der Waals surface area contributed by atoms with E-state index < -0.39 is 28.8 Å². The molecule has 1 aliphatic heterocycles. The van der Waals surface area contributed by atoms with Crippen LogP contribution >= 0.6 is 0 Å². The number of hydrogen-bond acceptors (Lipinski definition) is 7. The van der Waals surface area contributed by atoms with E-state index in [2.05, 4.69) is 5.32 Å². The normalized spacial score (nSPS) is 19.3. The zero-order chi connectivity index (χ0) is 22.1. The van der Waals surface area contributed by atoms with Crippen molar-refractivity contribution < 1.29 is 33.2 Å². The van der Waals surface area contributed by atoms with Gasteiger partial charge in [-0.3, -0.25) is 0 Å². The standard InChI is InChI=1S/C20H36BNO7/c1-7-8-15-27-17(25)22-20(12-14-23,16(24)26-6)11-9-10-13-21-28-18(2,3)19(4,5)29-21/h14H,7-13,15H2,1-6H3,(H,22,25)/t20-/m1/s1. The molecule has 0 radical (unpaired) electrons. The minimum absolute atomic E-state index is 0.182. The Morgan fingerprint density at radius 1 is 1.10 bits per heavy atom. The summed E-state index contributed by atoms with van der Waals surface area (Å²) in [5.74, 6) is -0.660. The van der Waals surface area contributed by atoms with Gasteiger partial charge in [-0.1, -0.05) is 26.2 Å². The molecule has 0 aromatic carbocycles. The van der Waals surface area contributed by atoms with E-state index in [1.165, 1.54) is 7.11 Å². The van der Waals surface area contributed by atoms with Crippen molar-refractivity contribution in [3.63, 3.8) is 0 Å². The van der Waals surface area contributed by atoms with Crippen LogP contribution in [0.3, 0.4) is 0 Å². The summed E-state index contributed by atoms with van der Waals surface area (Å²) in [5, 5.41) is 2.57. The number of nitrogens with one attached hydrogen (secondary N) is 1. The van der Waals surface area contributed by atoms with Crippen molar-refractivity contribution in [1.29, 1.82) is 0 Å². The van der Waals surface area contributed by atoms with Crippen LogP contribution in [-0.2, 0) is 28.4 Å². The third kappa shape index (κ3) is 6.99. The number of unbranched alkanes of at least 4 members (excludes halogenated alkanes) is 2. The minimum atomic E-state index is -1.43. The lowest BCUT2D eigenvalue weighted by Gasteiger charge is -2.32. The number of esters is 1. The van der Waals surface area contributed by atoms with Crippen molar-refractivity contribution in [1.82, 2.24) is 5.32 Å². The topological polar surface area (TPSA) is 100 Å². The van der Waals surface area contributed by atoms with E-state index in [1.807, 2.05) is 34.6 Å². The van der Waals surface area contributed by atoms with Gasteiger partial charge in [0.15, 0.2) is 0 Å². The molecule has 0 aromatic heterocycles. The van der Waals surface area contributed by atoms with E-state index in [0.717, 1.165) is 12.8 Å². The van der Waals surface area contributed by atoms with Crippen molar-refractivity contribution in [2.75, 3.05) is 13.7 Å². The Labute approximate surface area is 174 Å². The van der Waals surface area contributed by atoms with Crippen molar-refractivity contribution >= 4 is 25.5 Å². The average Bonchev–Trinajstić information content (AvgIpc) is 2.85. The molecule has 1 aliphatic rings. The zero-order valence-corrected chi connectivity index (χ0v) is 18.7. The second kappa shape index (κ2) is 11.0. The smallest absolute Gasteiger partial charge is 0.457 e. The van der Waals surface area contributed by atoms with E-state index in [-0.39, 0.29) is 26.6 Å². The molecule has 1 atom stereocenters. The maximum atomic E-state index is 12.4. The van der Waals surface area contributed by atoms with Crippen LogP contribution in [0.5, 0.6) is 0 Å². The number of alkyl carbamates (subject to hydrolysis) is 1. The summed E-state index contributed by atoms with van der Waals surface area (Å²) in [6, 6.07) is 0. The molecule has 1 fully saturated rings. The molecule has 0 saturated carbocycles. The van der Waals surface area contributed by atoms with Crippen LogP contribution in [0.15, 0.2) is 0 Å². The highest BCUT2D eigenvalue weighted by Gasteiger charge is 2.50. The molecular formula is C20H36BNO7. The van der Waals surface area contributed by atoms with E-state index in [1.54, 1.807) is 0 Å². The average molecular weight is 413 g/mol. The molecule has 1 N–H and O–H groups in total. The van der Waals surface area contributed by atoms with E-state index in [9.17, 15) is 14.4 Å². The maximum Gasteiger partial charge on any atom is 0.457 e. The number of carbonyl (C=O) groups is 3. The number of amides is 1. The summed E-state index contributed by atoms with van der Waals surface area (Å²) in [6.07, 6.45) is 3.46. The number of rotatable bonds is 12. The third-order valence-corrected chi connectivity index (χ3v) is 5.68. The van der Waals surface area contributed by atoms with Gasteiger partial charge in [0.05, 0.1) is 24.9 Å². The van der Waals surface area contributed by atoms with Gasteiger partial charge in [0.2, 0.25) is 0 Å². The van der Waals surface area contributed by atoms with Gasteiger partial charge in [-0.15, -0.1) is 0 Å². The number of methoxy groups -OCH3 is 1. The fraction of sp³-hybridized carbons (Fsp3) is 0.850. The first-order valence-corrected chi connectivity index (χ1v) is 10.4. The number of ether oxygens (including phenoxy) is 2. The molecule has 0 bridgehead atoms. The summed E-state index contributed by atoms with van der Waals surface area (Å²) >= 11 is 0. The molecule has 1 saturated heterocycles. The predicted octanol–water partition coefficient (Wildman–Crippen LogP) is 3.28. The SMILES string of the molecule is CCCCOC(=O)N[C@@](CC=O)(CCCCB1OC(C)(C)C(C)(C)O1)C(=O)OC. The number of carbonyl (C=O) groups excluding carboxylic acids is 3. The highest BCUT2D eigenvalue weighted by atomic mass is 16.7. The van der Waals surface area contributed by atoms with Crippen LogP contribution in [-0.4, -0.2) is 55.9 Å². The first kappa shape index (κ1) is 25.4.